The summed E-state index contributed by atoms with van der Waals surface area (Å²) in [5, 5.41) is 22.3. The number of hydrogen-bond acceptors (Lipinski definition) is 7. The zero-order chi connectivity index (χ0) is 20.8. The molecule has 1 amide bonds. The van der Waals surface area contributed by atoms with E-state index in [0.717, 1.165) is 11.1 Å². The number of benzene rings is 1. The second-order valence-electron chi connectivity index (χ2n) is 5.93. The number of carbonyl (C=O) groups excluding carboxylic acids is 1. The van der Waals surface area contributed by atoms with Crippen molar-refractivity contribution >= 4 is 23.5 Å². The third-order valence-electron chi connectivity index (χ3n) is 4.14. The van der Waals surface area contributed by atoms with Crippen molar-refractivity contribution in [3.8, 4) is 23.3 Å². The Morgan fingerprint density at radius 1 is 1.17 bits per heavy atom. The van der Waals surface area contributed by atoms with Crippen LogP contribution in [0.4, 0.5) is 5.82 Å². The molecule has 1 aromatic carbocycles. The van der Waals surface area contributed by atoms with Crippen molar-refractivity contribution in [2.24, 2.45) is 0 Å². The number of thioether (sulfide) groups is 1. The molecule has 0 saturated carbocycles. The zero-order valence-electron chi connectivity index (χ0n) is 15.5. The molecule has 0 atom stereocenters. The van der Waals surface area contributed by atoms with Crippen LogP contribution >= 0.6 is 11.8 Å². The van der Waals surface area contributed by atoms with Crippen LogP contribution in [-0.4, -0.2) is 22.9 Å². The van der Waals surface area contributed by atoms with Crippen molar-refractivity contribution in [1.82, 2.24) is 15.3 Å². The van der Waals surface area contributed by atoms with E-state index in [1.54, 1.807) is 25.4 Å². The zero-order valence-corrected chi connectivity index (χ0v) is 16.3. The van der Waals surface area contributed by atoms with E-state index >= 15 is 0 Å². The molecule has 0 bridgehead atoms. The van der Waals surface area contributed by atoms with Gasteiger partial charge in [0.1, 0.15) is 34.2 Å². The van der Waals surface area contributed by atoms with Crippen molar-refractivity contribution in [3.63, 3.8) is 0 Å². The lowest BCUT2D eigenvalue weighted by Gasteiger charge is -2.13. The van der Waals surface area contributed by atoms with Crippen molar-refractivity contribution < 1.29 is 4.79 Å². The van der Waals surface area contributed by atoms with Gasteiger partial charge in [-0.2, -0.15) is 10.5 Å². The number of nitrogens with zero attached hydrogens (tertiary/aromatic N) is 4. The predicted octanol–water partition coefficient (Wildman–Crippen LogP) is 3.12. The number of aromatic nitrogens is 2. The molecule has 2 aromatic heterocycles. The normalized spacial score (nSPS) is 10.0. The number of nitrogens with one attached hydrogen (secondary N) is 1. The monoisotopic (exact) mass is 400 g/mol. The minimum atomic E-state index is -0.276. The Hall–Kier alpha value is -3.88. The van der Waals surface area contributed by atoms with Crippen LogP contribution in [0, 0.1) is 22.7 Å². The average molecular weight is 400 g/mol. The highest BCUT2D eigenvalue weighted by atomic mass is 32.2. The number of hydrogen-bond donors (Lipinski definition) is 2. The number of rotatable bonds is 5. The van der Waals surface area contributed by atoms with E-state index in [4.69, 9.17) is 5.73 Å². The molecule has 0 aliphatic heterocycles. The van der Waals surface area contributed by atoms with E-state index in [1.807, 2.05) is 30.3 Å². The number of amides is 1. The number of anilines is 1. The van der Waals surface area contributed by atoms with Gasteiger partial charge in [-0.25, -0.2) is 4.98 Å². The third kappa shape index (κ3) is 4.18. The molecule has 0 unspecified atom stereocenters. The molecule has 2 heterocycles. The van der Waals surface area contributed by atoms with Crippen LogP contribution < -0.4 is 11.1 Å². The van der Waals surface area contributed by atoms with Gasteiger partial charge in [-0.15, -0.1) is 11.8 Å². The number of pyridine rings is 2. The van der Waals surface area contributed by atoms with Crippen LogP contribution in [0.15, 0.2) is 53.7 Å². The summed E-state index contributed by atoms with van der Waals surface area (Å²) in [5.74, 6) is 0.253. The van der Waals surface area contributed by atoms with Crippen molar-refractivity contribution in [3.05, 3.63) is 71.0 Å². The third-order valence-corrected chi connectivity index (χ3v) is 5.18. The smallest absolute Gasteiger partial charge is 0.269 e. The molecular formula is C21H16N6OS. The Bertz CT molecular complexity index is 1150. The number of carbonyl (C=O) groups is 1. The highest BCUT2D eigenvalue weighted by molar-refractivity contribution is 7.98. The summed E-state index contributed by atoms with van der Waals surface area (Å²) in [4.78, 5) is 20.1. The van der Waals surface area contributed by atoms with Crippen LogP contribution in [0.25, 0.3) is 11.1 Å². The topological polar surface area (TPSA) is 128 Å². The first-order chi connectivity index (χ1) is 14.1. The molecular weight excluding hydrogens is 384 g/mol. The summed E-state index contributed by atoms with van der Waals surface area (Å²) in [6.45, 7) is 0. The summed E-state index contributed by atoms with van der Waals surface area (Å²) in [5.41, 5.74) is 8.86. The molecule has 142 valence electrons. The van der Waals surface area contributed by atoms with Crippen molar-refractivity contribution in [2.45, 2.75) is 10.8 Å². The first kappa shape index (κ1) is 19.9. The molecule has 0 fully saturated rings. The molecule has 0 aliphatic carbocycles. The van der Waals surface area contributed by atoms with Gasteiger partial charge in [0.25, 0.3) is 5.91 Å². The van der Waals surface area contributed by atoms with Gasteiger partial charge in [-0.3, -0.25) is 9.78 Å². The number of nitrogens with two attached hydrogens (primary N) is 1. The summed E-state index contributed by atoms with van der Waals surface area (Å²) in [6.07, 6.45) is 1.56. The quantitative estimate of drug-likeness (QED) is 0.630. The molecule has 3 rings (SSSR count). The fourth-order valence-electron chi connectivity index (χ4n) is 2.76. The van der Waals surface area contributed by atoms with E-state index in [2.05, 4.69) is 27.4 Å². The molecule has 7 nitrogen and oxygen atoms in total. The SMILES string of the molecule is CNC(=O)c1cc(CSc2nc(N)c(C#N)c(-c3ccccc3)c2C#N)ccn1. The molecule has 0 spiro atoms. The fourth-order valence-corrected chi connectivity index (χ4v) is 3.70. The highest BCUT2D eigenvalue weighted by Crippen LogP contribution is 2.36. The second-order valence-corrected chi connectivity index (χ2v) is 6.90. The van der Waals surface area contributed by atoms with E-state index in [9.17, 15) is 15.3 Å². The second kappa shape index (κ2) is 8.87. The number of nitriles is 2. The number of nitrogen functional groups attached to an aromatic ring is 1. The van der Waals surface area contributed by atoms with Crippen LogP contribution in [0.1, 0.15) is 27.2 Å². The van der Waals surface area contributed by atoms with Crippen molar-refractivity contribution in [1.29, 1.82) is 10.5 Å². The Morgan fingerprint density at radius 3 is 2.55 bits per heavy atom. The minimum absolute atomic E-state index is 0.0774. The molecule has 3 aromatic rings. The predicted molar refractivity (Wildman–Crippen MR) is 111 cm³/mol. The first-order valence-electron chi connectivity index (χ1n) is 8.58. The van der Waals surface area contributed by atoms with E-state index in [-0.39, 0.29) is 17.3 Å². The molecule has 0 aliphatic rings. The Kier molecular flexibility index (Phi) is 6.08. The standard InChI is InChI=1S/C21H16N6OS/c1-25-20(28)17-9-13(7-8-26-17)12-29-21-16(11-23)18(14-5-3-2-4-6-14)15(10-22)19(24)27-21/h2-9H,12H2,1H3,(H2,24,27)(H,25,28). The van der Waals surface area contributed by atoms with Gasteiger partial charge in [-0.05, 0) is 23.3 Å². The maximum Gasteiger partial charge on any atom is 0.269 e. The van der Waals surface area contributed by atoms with Gasteiger partial charge < -0.3 is 11.1 Å². The minimum Gasteiger partial charge on any atom is -0.383 e. The summed E-state index contributed by atoms with van der Waals surface area (Å²) in [7, 11) is 1.54. The largest absolute Gasteiger partial charge is 0.383 e. The van der Waals surface area contributed by atoms with E-state index < -0.39 is 0 Å². The van der Waals surface area contributed by atoms with Gasteiger partial charge in [0, 0.05) is 24.6 Å². The lowest BCUT2D eigenvalue weighted by molar-refractivity contribution is 0.0958. The van der Waals surface area contributed by atoms with Crippen LogP contribution in [0.2, 0.25) is 0 Å². The molecule has 8 heteroatoms. The Balaban J connectivity index is 2.01. The summed E-state index contributed by atoms with van der Waals surface area (Å²) >= 11 is 1.31. The molecule has 0 radical (unpaired) electrons. The van der Waals surface area contributed by atoms with Crippen molar-refractivity contribution in [2.75, 3.05) is 12.8 Å². The first-order valence-corrected chi connectivity index (χ1v) is 9.56. The van der Waals surface area contributed by atoms with Gasteiger partial charge in [0.15, 0.2) is 0 Å². The van der Waals surface area contributed by atoms with Gasteiger partial charge in [0.05, 0.1) is 5.56 Å². The maximum atomic E-state index is 11.8. The van der Waals surface area contributed by atoms with Gasteiger partial charge >= 0.3 is 0 Å². The lowest BCUT2D eigenvalue weighted by Crippen LogP contribution is -2.19. The van der Waals surface area contributed by atoms with Gasteiger partial charge in [0.2, 0.25) is 0 Å². The maximum absolute atomic E-state index is 11.8. The summed E-state index contributed by atoms with van der Waals surface area (Å²) in [6, 6.07) is 16.9. The fraction of sp³-hybridized carbons (Fsp3) is 0.0952. The Morgan fingerprint density at radius 2 is 1.90 bits per heavy atom. The van der Waals surface area contributed by atoms with E-state index in [1.165, 1.54) is 11.8 Å². The average Bonchev–Trinajstić information content (AvgIpc) is 2.77. The van der Waals surface area contributed by atoms with Crippen LogP contribution in [0.5, 0.6) is 0 Å². The Labute approximate surface area is 172 Å². The van der Waals surface area contributed by atoms with Crippen LogP contribution in [0.3, 0.4) is 0 Å². The van der Waals surface area contributed by atoms with Crippen LogP contribution in [-0.2, 0) is 5.75 Å². The summed E-state index contributed by atoms with van der Waals surface area (Å²) < 4.78 is 0. The lowest BCUT2D eigenvalue weighted by atomic mass is 9.97. The molecule has 3 N–H and O–H groups in total. The molecule has 29 heavy (non-hydrogen) atoms. The van der Waals surface area contributed by atoms with Gasteiger partial charge in [-0.1, -0.05) is 30.3 Å². The molecule has 0 saturated heterocycles. The van der Waals surface area contributed by atoms with E-state index in [0.29, 0.717) is 27.6 Å². The highest BCUT2D eigenvalue weighted by Gasteiger charge is 2.20.